The summed E-state index contributed by atoms with van der Waals surface area (Å²) in [6.45, 7) is 4.90. The van der Waals surface area contributed by atoms with Crippen molar-refractivity contribution in [3.8, 4) is 0 Å². The first-order chi connectivity index (χ1) is 8.74. The molecule has 0 radical (unpaired) electrons. The van der Waals surface area contributed by atoms with Crippen LogP contribution in [0.2, 0.25) is 0 Å². The van der Waals surface area contributed by atoms with Gasteiger partial charge in [-0.05, 0) is 49.5 Å². The topological polar surface area (TPSA) is 29.3 Å². The molecule has 1 aromatic carbocycles. The van der Waals surface area contributed by atoms with Gasteiger partial charge in [-0.1, -0.05) is 25.5 Å². The third-order valence-corrected chi connectivity index (χ3v) is 4.10. The molecular weight excluding hydrogens is 227 g/mol. The predicted molar refractivity (Wildman–Crippen MR) is 72.7 cm³/mol. The lowest BCUT2D eigenvalue weighted by atomic mass is 10.0. The molecule has 0 aromatic heterocycles. The van der Waals surface area contributed by atoms with E-state index < -0.39 is 0 Å². The van der Waals surface area contributed by atoms with E-state index in [0.717, 1.165) is 19.6 Å². The van der Waals surface area contributed by atoms with Gasteiger partial charge < -0.3 is 5.73 Å². The Bertz CT molecular complexity index is 363. The van der Waals surface area contributed by atoms with E-state index >= 15 is 0 Å². The van der Waals surface area contributed by atoms with Gasteiger partial charge in [0.2, 0.25) is 0 Å². The molecule has 1 aromatic rings. The zero-order valence-corrected chi connectivity index (χ0v) is 11.1. The molecule has 0 saturated heterocycles. The quantitative estimate of drug-likeness (QED) is 0.870. The Morgan fingerprint density at radius 3 is 2.61 bits per heavy atom. The first kappa shape index (κ1) is 13.5. The molecule has 0 amide bonds. The Morgan fingerprint density at radius 1 is 1.28 bits per heavy atom. The molecule has 2 nitrogen and oxygen atoms in total. The van der Waals surface area contributed by atoms with Crippen LogP contribution in [0.1, 0.15) is 31.7 Å². The second-order valence-corrected chi connectivity index (χ2v) is 5.18. The lowest BCUT2D eigenvalue weighted by Gasteiger charge is -2.31. The van der Waals surface area contributed by atoms with Crippen LogP contribution < -0.4 is 5.73 Å². The predicted octanol–water partition coefficient (Wildman–Crippen LogP) is 2.78. The average Bonchev–Trinajstić information content (AvgIpc) is 2.86. The summed E-state index contributed by atoms with van der Waals surface area (Å²) >= 11 is 0. The molecule has 2 rings (SSSR count). The van der Waals surface area contributed by atoms with Crippen molar-refractivity contribution >= 4 is 0 Å². The summed E-state index contributed by atoms with van der Waals surface area (Å²) in [5.74, 6) is 0.466. The molecule has 100 valence electrons. The minimum Gasteiger partial charge on any atom is -0.330 e. The van der Waals surface area contributed by atoms with Crippen molar-refractivity contribution in [1.82, 2.24) is 4.90 Å². The number of hydrogen-bond acceptors (Lipinski definition) is 2. The van der Waals surface area contributed by atoms with Crippen LogP contribution in [0, 0.1) is 11.7 Å². The van der Waals surface area contributed by atoms with E-state index in [1.54, 1.807) is 0 Å². The SMILES string of the molecule is CCN(Cc1ccc(F)cc1)C1CCCC1CN. The second-order valence-electron chi connectivity index (χ2n) is 5.18. The second kappa shape index (κ2) is 6.30. The molecule has 0 heterocycles. The molecule has 0 aliphatic heterocycles. The van der Waals surface area contributed by atoms with Gasteiger partial charge in [0.1, 0.15) is 5.82 Å². The van der Waals surface area contributed by atoms with E-state index in [1.165, 1.54) is 37.0 Å². The molecule has 2 unspecified atom stereocenters. The molecule has 3 heteroatoms. The van der Waals surface area contributed by atoms with Gasteiger partial charge in [0.25, 0.3) is 0 Å². The van der Waals surface area contributed by atoms with Crippen molar-refractivity contribution in [2.75, 3.05) is 13.1 Å². The number of halogens is 1. The lowest BCUT2D eigenvalue weighted by Crippen LogP contribution is -2.39. The summed E-state index contributed by atoms with van der Waals surface area (Å²) in [5, 5.41) is 0. The van der Waals surface area contributed by atoms with Gasteiger partial charge in [0.15, 0.2) is 0 Å². The highest BCUT2D eigenvalue weighted by Crippen LogP contribution is 2.30. The van der Waals surface area contributed by atoms with Crippen LogP contribution in [0.5, 0.6) is 0 Å². The van der Waals surface area contributed by atoms with E-state index in [0.29, 0.717) is 12.0 Å². The minimum absolute atomic E-state index is 0.164. The summed E-state index contributed by atoms with van der Waals surface area (Å²) in [5.41, 5.74) is 7.04. The van der Waals surface area contributed by atoms with Crippen LogP contribution in [0.4, 0.5) is 4.39 Å². The molecule has 1 fully saturated rings. The van der Waals surface area contributed by atoms with Crippen molar-refractivity contribution < 1.29 is 4.39 Å². The Kier molecular flexibility index (Phi) is 4.72. The van der Waals surface area contributed by atoms with Crippen molar-refractivity contribution in [1.29, 1.82) is 0 Å². The normalized spacial score (nSPS) is 23.8. The maximum atomic E-state index is 12.9. The minimum atomic E-state index is -0.164. The van der Waals surface area contributed by atoms with Crippen molar-refractivity contribution in [2.45, 2.75) is 38.8 Å². The third kappa shape index (κ3) is 3.09. The van der Waals surface area contributed by atoms with E-state index in [1.807, 2.05) is 12.1 Å². The zero-order valence-electron chi connectivity index (χ0n) is 11.1. The Labute approximate surface area is 109 Å². The van der Waals surface area contributed by atoms with E-state index in [2.05, 4.69) is 11.8 Å². The summed E-state index contributed by atoms with van der Waals surface area (Å²) in [4.78, 5) is 2.48. The summed E-state index contributed by atoms with van der Waals surface area (Å²) in [7, 11) is 0. The first-order valence-corrected chi connectivity index (χ1v) is 6.93. The van der Waals surface area contributed by atoms with E-state index in [9.17, 15) is 4.39 Å². The van der Waals surface area contributed by atoms with Crippen LogP contribution in [-0.2, 0) is 6.54 Å². The summed E-state index contributed by atoms with van der Waals surface area (Å²) < 4.78 is 12.9. The maximum absolute atomic E-state index is 12.9. The van der Waals surface area contributed by atoms with Gasteiger partial charge in [0, 0.05) is 12.6 Å². The Hall–Kier alpha value is -0.930. The van der Waals surface area contributed by atoms with E-state index in [4.69, 9.17) is 5.73 Å². The van der Waals surface area contributed by atoms with Gasteiger partial charge in [0.05, 0.1) is 0 Å². The fourth-order valence-electron chi connectivity index (χ4n) is 3.06. The standard InChI is InChI=1S/C15H23FN2/c1-2-18(15-5-3-4-13(15)10-17)11-12-6-8-14(16)9-7-12/h6-9,13,15H,2-5,10-11,17H2,1H3. The molecule has 0 bridgehead atoms. The fourth-order valence-corrected chi connectivity index (χ4v) is 3.06. The largest absolute Gasteiger partial charge is 0.330 e. The van der Waals surface area contributed by atoms with Crippen LogP contribution in [0.25, 0.3) is 0 Å². The summed E-state index contributed by atoms with van der Waals surface area (Å²) in [6.07, 6.45) is 3.78. The average molecular weight is 250 g/mol. The lowest BCUT2D eigenvalue weighted by molar-refractivity contribution is 0.162. The molecule has 1 saturated carbocycles. The van der Waals surface area contributed by atoms with Crippen molar-refractivity contribution in [2.24, 2.45) is 11.7 Å². The molecule has 0 spiro atoms. The van der Waals surface area contributed by atoms with Gasteiger partial charge in [-0.25, -0.2) is 4.39 Å². The highest BCUT2D eigenvalue weighted by Gasteiger charge is 2.30. The van der Waals surface area contributed by atoms with Gasteiger partial charge >= 0.3 is 0 Å². The first-order valence-electron chi connectivity index (χ1n) is 6.93. The molecule has 1 aliphatic carbocycles. The van der Waals surface area contributed by atoms with Gasteiger partial charge in [-0.15, -0.1) is 0 Å². The van der Waals surface area contributed by atoms with Gasteiger partial charge in [-0.2, -0.15) is 0 Å². The number of rotatable bonds is 5. The third-order valence-electron chi connectivity index (χ3n) is 4.10. The molecule has 2 atom stereocenters. The maximum Gasteiger partial charge on any atom is 0.123 e. The fraction of sp³-hybridized carbons (Fsp3) is 0.600. The number of nitrogens with two attached hydrogens (primary N) is 1. The highest BCUT2D eigenvalue weighted by molar-refractivity contribution is 5.16. The smallest absolute Gasteiger partial charge is 0.123 e. The number of nitrogens with zero attached hydrogens (tertiary/aromatic N) is 1. The highest BCUT2D eigenvalue weighted by atomic mass is 19.1. The molecule has 18 heavy (non-hydrogen) atoms. The summed E-state index contributed by atoms with van der Waals surface area (Å²) in [6, 6.07) is 7.44. The van der Waals surface area contributed by atoms with E-state index in [-0.39, 0.29) is 5.82 Å². The zero-order chi connectivity index (χ0) is 13.0. The number of hydrogen-bond donors (Lipinski definition) is 1. The van der Waals surface area contributed by atoms with Crippen LogP contribution in [-0.4, -0.2) is 24.0 Å². The molecule has 2 N–H and O–H groups in total. The molecule has 1 aliphatic rings. The van der Waals surface area contributed by atoms with Crippen LogP contribution >= 0.6 is 0 Å². The van der Waals surface area contributed by atoms with Crippen LogP contribution in [0.3, 0.4) is 0 Å². The monoisotopic (exact) mass is 250 g/mol. The molecular formula is C15H23FN2. The van der Waals surface area contributed by atoms with Crippen molar-refractivity contribution in [3.05, 3.63) is 35.6 Å². The Morgan fingerprint density at radius 2 is 2.00 bits per heavy atom. The van der Waals surface area contributed by atoms with Gasteiger partial charge in [-0.3, -0.25) is 4.90 Å². The number of benzene rings is 1. The Balaban J connectivity index is 2.02. The van der Waals surface area contributed by atoms with Crippen LogP contribution in [0.15, 0.2) is 24.3 Å². The van der Waals surface area contributed by atoms with Crippen molar-refractivity contribution in [3.63, 3.8) is 0 Å².